The van der Waals surface area contributed by atoms with Crippen LogP contribution >= 0.6 is 11.8 Å². The fourth-order valence-corrected chi connectivity index (χ4v) is 1.07. The molecule has 0 aliphatic rings. The topological polar surface area (TPSA) is 26.0 Å². The number of thioether (sulfide) groups is 1. The molecule has 0 aliphatic carbocycles. The summed E-state index contributed by atoms with van der Waals surface area (Å²) in [5.41, 5.74) is 7.00. The highest BCUT2D eigenvalue weighted by molar-refractivity contribution is 7.99. The maximum atomic E-state index is 5.34. The average Bonchev–Trinajstić information content (AvgIpc) is 1.97. The fraction of sp³-hybridized carbons (Fsp3) is 0.333. The third-order valence-corrected chi connectivity index (χ3v) is 2.01. The molecule has 2 N–H and O–H groups in total. The van der Waals surface area contributed by atoms with E-state index in [1.54, 1.807) is 6.08 Å². The lowest BCUT2D eigenvalue weighted by molar-refractivity contribution is 1.43. The van der Waals surface area contributed by atoms with Crippen LogP contribution in [0, 0.1) is 0 Å². The van der Waals surface area contributed by atoms with E-state index in [0.717, 1.165) is 17.1 Å². The van der Waals surface area contributed by atoms with Gasteiger partial charge in [-0.2, -0.15) is 11.8 Å². The fourth-order valence-electron chi connectivity index (χ4n) is 0.506. The van der Waals surface area contributed by atoms with Crippen LogP contribution in [0.15, 0.2) is 36.6 Å². The quantitative estimate of drug-likeness (QED) is 0.639. The van der Waals surface area contributed by atoms with Crippen molar-refractivity contribution in [3.63, 3.8) is 0 Å². The van der Waals surface area contributed by atoms with Gasteiger partial charge >= 0.3 is 0 Å². The Bertz CT molecular complexity index is 170. The summed E-state index contributed by atoms with van der Waals surface area (Å²) in [5, 5.41) is 0. The van der Waals surface area contributed by atoms with E-state index in [9.17, 15) is 0 Å². The lowest BCUT2D eigenvalue weighted by Gasteiger charge is -1.96. The molecule has 0 saturated carbocycles. The molecule has 0 bridgehead atoms. The molecular formula is C9H15NS. The van der Waals surface area contributed by atoms with Gasteiger partial charge in [0, 0.05) is 11.4 Å². The van der Waals surface area contributed by atoms with Crippen LogP contribution in [0.4, 0.5) is 0 Å². The molecule has 0 rings (SSSR count). The molecule has 0 fully saturated rings. The van der Waals surface area contributed by atoms with E-state index < -0.39 is 0 Å². The number of nitrogens with two attached hydrogens (primary N) is 1. The Morgan fingerprint density at radius 2 is 2.09 bits per heavy atom. The molecule has 0 saturated heterocycles. The summed E-state index contributed by atoms with van der Waals surface area (Å²) in [6.07, 6.45) is 3.68. The Balaban J connectivity index is 3.60. The molecule has 0 aliphatic heterocycles. The minimum atomic E-state index is 0.577. The van der Waals surface area contributed by atoms with E-state index in [1.807, 2.05) is 17.8 Å². The zero-order valence-electron chi connectivity index (χ0n) is 6.97. The summed E-state index contributed by atoms with van der Waals surface area (Å²) < 4.78 is 0. The Morgan fingerprint density at radius 3 is 2.55 bits per heavy atom. The molecule has 0 aromatic rings. The van der Waals surface area contributed by atoms with Crippen molar-refractivity contribution in [2.45, 2.75) is 6.92 Å². The standard InChI is InChI=1S/C9H15NS/c1-4-11-7-8(2)5-6-9(3)10/h5-6H,2-4,7,10H2,1H3/b6-5-. The van der Waals surface area contributed by atoms with Crippen molar-refractivity contribution in [1.82, 2.24) is 0 Å². The van der Waals surface area contributed by atoms with E-state index in [1.165, 1.54) is 0 Å². The monoisotopic (exact) mass is 169 g/mol. The van der Waals surface area contributed by atoms with Crippen LogP contribution in [-0.4, -0.2) is 11.5 Å². The lowest BCUT2D eigenvalue weighted by atomic mass is 10.3. The second-order valence-electron chi connectivity index (χ2n) is 2.20. The van der Waals surface area contributed by atoms with Gasteiger partial charge in [-0.25, -0.2) is 0 Å². The number of hydrogen-bond donors (Lipinski definition) is 1. The smallest absolute Gasteiger partial charge is 0.0241 e. The molecule has 2 heteroatoms. The van der Waals surface area contributed by atoms with Crippen LogP contribution in [0.3, 0.4) is 0 Å². The van der Waals surface area contributed by atoms with Crippen molar-refractivity contribution in [3.05, 3.63) is 36.6 Å². The first kappa shape index (κ1) is 10.4. The molecule has 0 spiro atoms. The van der Waals surface area contributed by atoms with E-state index >= 15 is 0 Å². The van der Waals surface area contributed by atoms with Gasteiger partial charge in [0.2, 0.25) is 0 Å². The van der Waals surface area contributed by atoms with Crippen LogP contribution in [-0.2, 0) is 0 Å². The van der Waals surface area contributed by atoms with Crippen molar-refractivity contribution >= 4 is 11.8 Å². The summed E-state index contributed by atoms with van der Waals surface area (Å²) in [5.74, 6) is 2.09. The van der Waals surface area contributed by atoms with E-state index in [0.29, 0.717) is 5.70 Å². The second kappa shape index (κ2) is 6.10. The minimum Gasteiger partial charge on any atom is -0.399 e. The van der Waals surface area contributed by atoms with Crippen LogP contribution in [0.1, 0.15) is 6.92 Å². The second-order valence-corrected chi connectivity index (χ2v) is 3.48. The normalized spacial score (nSPS) is 10.3. The zero-order chi connectivity index (χ0) is 8.69. The highest BCUT2D eigenvalue weighted by atomic mass is 32.2. The van der Waals surface area contributed by atoms with Crippen molar-refractivity contribution in [3.8, 4) is 0 Å². The summed E-state index contributed by atoms with van der Waals surface area (Å²) in [6, 6.07) is 0. The summed E-state index contributed by atoms with van der Waals surface area (Å²) in [4.78, 5) is 0. The van der Waals surface area contributed by atoms with Crippen LogP contribution in [0.5, 0.6) is 0 Å². The van der Waals surface area contributed by atoms with Gasteiger partial charge < -0.3 is 5.73 Å². The first-order chi connectivity index (χ1) is 5.16. The van der Waals surface area contributed by atoms with E-state index in [2.05, 4.69) is 20.1 Å². The van der Waals surface area contributed by atoms with Gasteiger partial charge in [0.25, 0.3) is 0 Å². The van der Waals surface area contributed by atoms with Crippen molar-refractivity contribution in [1.29, 1.82) is 0 Å². The summed E-state index contributed by atoms with van der Waals surface area (Å²) in [6.45, 7) is 9.54. The Labute approximate surface area is 73.1 Å². The zero-order valence-corrected chi connectivity index (χ0v) is 7.79. The Hall–Kier alpha value is -0.630. The first-order valence-corrected chi connectivity index (χ1v) is 4.70. The van der Waals surface area contributed by atoms with Crippen molar-refractivity contribution in [2.75, 3.05) is 11.5 Å². The summed E-state index contributed by atoms with van der Waals surface area (Å²) in [7, 11) is 0. The molecule has 1 nitrogen and oxygen atoms in total. The van der Waals surface area contributed by atoms with Crippen molar-refractivity contribution < 1.29 is 0 Å². The first-order valence-electron chi connectivity index (χ1n) is 3.54. The lowest BCUT2D eigenvalue weighted by Crippen LogP contribution is -1.89. The molecular weight excluding hydrogens is 154 g/mol. The largest absolute Gasteiger partial charge is 0.399 e. The van der Waals surface area contributed by atoms with Gasteiger partial charge in [-0.15, -0.1) is 0 Å². The van der Waals surface area contributed by atoms with Crippen LogP contribution in [0.2, 0.25) is 0 Å². The van der Waals surface area contributed by atoms with Crippen LogP contribution in [0.25, 0.3) is 0 Å². The molecule has 0 amide bonds. The van der Waals surface area contributed by atoms with E-state index in [-0.39, 0.29) is 0 Å². The third-order valence-electron chi connectivity index (χ3n) is 1.02. The predicted molar refractivity (Wildman–Crippen MR) is 54.6 cm³/mol. The number of allylic oxidation sites excluding steroid dienone is 2. The molecule has 0 heterocycles. The van der Waals surface area contributed by atoms with Gasteiger partial charge in [-0.3, -0.25) is 0 Å². The molecule has 0 radical (unpaired) electrons. The van der Waals surface area contributed by atoms with E-state index in [4.69, 9.17) is 5.73 Å². The Kier molecular flexibility index (Phi) is 5.75. The number of hydrogen-bond acceptors (Lipinski definition) is 2. The van der Waals surface area contributed by atoms with Crippen molar-refractivity contribution in [2.24, 2.45) is 5.73 Å². The predicted octanol–water partition coefficient (Wildman–Crippen LogP) is 2.32. The van der Waals surface area contributed by atoms with Gasteiger partial charge in [0.05, 0.1) is 0 Å². The highest BCUT2D eigenvalue weighted by Gasteiger charge is 1.86. The van der Waals surface area contributed by atoms with Gasteiger partial charge in [-0.1, -0.05) is 26.2 Å². The maximum absolute atomic E-state index is 5.34. The molecule has 11 heavy (non-hydrogen) atoms. The third kappa shape index (κ3) is 7.26. The van der Waals surface area contributed by atoms with Gasteiger partial charge in [0.1, 0.15) is 0 Å². The average molecular weight is 169 g/mol. The molecule has 0 aromatic heterocycles. The molecule has 62 valence electrons. The molecule has 0 aromatic carbocycles. The summed E-state index contributed by atoms with van der Waals surface area (Å²) >= 11 is 1.85. The van der Waals surface area contributed by atoms with Gasteiger partial charge in [-0.05, 0) is 17.4 Å². The Morgan fingerprint density at radius 1 is 1.45 bits per heavy atom. The van der Waals surface area contributed by atoms with Gasteiger partial charge in [0.15, 0.2) is 0 Å². The SMILES string of the molecule is C=C(N)/C=C\C(=C)CSCC. The number of rotatable bonds is 5. The minimum absolute atomic E-state index is 0.577. The highest BCUT2D eigenvalue weighted by Crippen LogP contribution is 2.06. The van der Waals surface area contributed by atoms with Crippen LogP contribution < -0.4 is 5.73 Å². The molecule has 0 atom stereocenters. The molecule has 0 unspecified atom stereocenters. The maximum Gasteiger partial charge on any atom is 0.0241 e.